The van der Waals surface area contributed by atoms with Gasteiger partial charge in [-0.3, -0.25) is 4.79 Å². The van der Waals surface area contributed by atoms with E-state index in [1.165, 1.54) is 0 Å². The second-order valence-corrected chi connectivity index (χ2v) is 2.45. The molecule has 0 atom stereocenters. The first-order valence-electron chi connectivity index (χ1n) is 3.77. The summed E-state index contributed by atoms with van der Waals surface area (Å²) in [5, 5.41) is 0. The van der Waals surface area contributed by atoms with E-state index in [1.54, 1.807) is 19.1 Å². The van der Waals surface area contributed by atoms with E-state index in [-0.39, 0.29) is 12.3 Å². The number of aryl methyl sites for hydroxylation is 1. The molecule has 0 amide bonds. The number of carbonyl (C=O) groups is 1. The molecule has 0 saturated heterocycles. The lowest BCUT2D eigenvalue weighted by Crippen LogP contribution is -2.00. The molecule has 1 rings (SSSR count). The molecule has 1 aromatic heterocycles. The van der Waals surface area contributed by atoms with Crippen LogP contribution < -0.4 is 4.74 Å². The number of rotatable bonds is 3. The third-order valence-electron chi connectivity index (χ3n) is 1.45. The van der Waals surface area contributed by atoms with Crippen molar-refractivity contribution in [2.45, 2.75) is 6.92 Å². The first-order valence-corrected chi connectivity index (χ1v) is 3.77. The van der Waals surface area contributed by atoms with Crippen LogP contribution in [0.5, 0.6) is 5.75 Å². The van der Waals surface area contributed by atoms with E-state index in [1.807, 2.05) is 0 Å². The lowest BCUT2D eigenvalue weighted by molar-refractivity contribution is 0.111. The minimum atomic E-state index is 0.144. The zero-order valence-electron chi connectivity index (χ0n) is 7.28. The van der Waals surface area contributed by atoms with Crippen LogP contribution in [0, 0.1) is 19.3 Å². The van der Waals surface area contributed by atoms with Gasteiger partial charge in [0.05, 0.1) is 0 Å². The van der Waals surface area contributed by atoms with Gasteiger partial charge in [-0.1, -0.05) is 5.92 Å². The predicted molar refractivity (Wildman–Crippen MR) is 48.7 cm³/mol. The molecular weight excluding hydrogens is 166 g/mol. The topological polar surface area (TPSA) is 39.2 Å². The first kappa shape index (κ1) is 9.27. The molecule has 0 radical (unpaired) electrons. The summed E-state index contributed by atoms with van der Waals surface area (Å²) in [6.45, 7) is 1.95. The fraction of sp³-hybridized carbons (Fsp3) is 0.200. The molecule has 0 aromatic carbocycles. The van der Waals surface area contributed by atoms with E-state index in [2.05, 4.69) is 10.9 Å². The Morgan fingerprint density at radius 3 is 3.08 bits per heavy atom. The molecule has 3 heteroatoms. The summed E-state index contributed by atoms with van der Waals surface area (Å²) >= 11 is 0. The van der Waals surface area contributed by atoms with Crippen LogP contribution >= 0.6 is 0 Å². The summed E-state index contributed by atoms with van der Waals surface area (Å²) in [7, 11) is 0. The highest BCUT2D eigenvalue weighted by Crippen LogP contribution is 2.14. The van der Waals surface area contributed by atoms with E-state index in [9.17, 15) is 4.79 Å². The zero-order chi connectivity index (χ0) is 9.68. The average molecular weight is 175 g/mol. The van der Waals surface area contributed by atoms with E-state index in [0.29, 0.717) is 12.0 Å². The maximum Gasteiger partial charge on any atom is 0.172 e. The molecule has 0 fully saturated rings. The van der Waals surface area contributed by atoms with Crippen molar-refractivity contribution in [2.75, 3.05) is 6.61 Å². The third kappa shape index (κ3) is 2.31. The third-order valence-corrected chi connectivity index (χ3v) is 1.45. The highest BCUT2D eigenvalue weighted by Gasteiger charge is 2.03. The normalized spacial score (nSPS) is 8.92. The Morgan fingerprint density at radius 1 is 1.69 bits per heavy atom. The van der Waals surface area contributed by atoms with E-state index in [4.69, 9.17) is 11.2 Å². The van der Waals surface area contributed by atoms with Crippen molar-refractivity contribution in [3.8, 4) is 18.1 Å². The maximum atomic E-state index is 10.5. The van der Waals surface area contributed by atoms with Gasteiger partial charge in [-0.15, -0.1) is 6.42 Å². The fourth-order valence-electron chi connectivity index (χ4n) is 0.890. The number of hydrogen-bond donors (Lipinski definition) is 0. The van der Waals surface area contributed by atoms with Crippen LogP contribution in [-0.4, -0.2) is 17.9 Å². The molecule has 0 aliphatic rings. The van der Waals surface area contributed by atoms with Gasteiger partial charge in [0, 0.05) is 5.69 Å². The Balaban J connectivity index is 2.93. The standard InChI is InChI=1S/C10H9NO2/c1-3-6-13-10-5-4-8(2)11-9(10)7-12/h1,4-5,7H,6H2,2H3. The number of nitrogens with zero attached hydrogens (tertiary/aromatic N) is 1. The molecule has 0 aliphatic carbocycles. The minimum absolute atomic E-state index is 0.144. The second kappa shape index (κ2) is 4.27. The van der Waals surface area contributed by atoms with Gasteiger partial charge in [0.15, 0.2) is 6.29 Å². The highest BCUT2D eigenvalue weighted by atomic mass is 16.5. The molecule has 0 N–H and O–H groups in total. The summed E-state index contributed by atoms with van der Waals surface area (Å²) in [5.41, 5.74) is 1.06. The fourth-order valence-corrected chi connectivity index (χ4v) is 0.890. The van der Waals surface area contributed by atoms with Crippen molar-refractivity contribution in [2.24, 2.45) is 0 Å². The van der Waals surface area contributed by atoms with Gasteiger partial charge < -0.3 is 4.74 Å². The number of hydrogen-bond acceptors (Lipinski definition) is 3. The Bertz CT molecular complexity index is 352. The number of terminal acetylenes is 1. The Kier molecular flexibility index (Phi) is 3.04. The lowest BCUT2D eigenvalue weighted by Gasteiger charge is -2.04. The lowest BCUT2D eigenvalue weighted by atomic mass is 10.3. The second-order valence-electron chi connectivity index (χ2n) is 2.45. The van der Waals surface area contributed by atoms with Crippen molar-refractivity contribution < 1.29 is 9.53 Å². The molecule has 0 aliphatic heterocycles. The zero-order valence-corrected chi connectivity index (χ0v) is 7.28. The quantitative estimate of drug-likeness (QED) is 0.512. The van der Waals surface area contributed by atoms with Gasteiger partial charge in [-0.25, -0.2) is 4.98 Å². The van der Waals surface area contributed by atoms with Crippen molar-refractivity contribution in [3.05, 3.63) is 23.5 Å². The maximum absolute atomic E-state index is 10.5. The van der Waals surface area contributed by atoms with Crippen LogP contribution in [0.2, 0.25) is 0 Å². The molecule has 0 bridgehead atoms. The molecule has 13 heavy (non-hydrogen) atoms. The monoisotopic (exact) mass is 175 g/mol. The van der Waals surface area contributed by atoms with Crippen molar-refractivity contribution in [3.63, 3.8) is 0 Å². The molecular formula is C10H9NO2. The van der Waals surface area contributed by atoms with Gasteiger partial charge in [0.2, 0.25) is 0 Å². The smallest absolute Gasteiger partial charge is 0.172 e. The van der Waals surface area contributed by atoms with Crippen LogP contribution in [0.25, 0.3) is 0 Å². The molecule has 0 unspecified atom stereocenters. The van der Waals surface area contributed by atoms with Crippen LogP contribution in [-0.2, 0) is 0 Å². The highest BCUT2D eigenvalue weighted by molar-refractivity contribution is 5.76. The van der Waals surface area contributed by atoms with Gasteiger partial charge in [-0.05, 0) is 19.1 Å². The number of aldehydes is 1. The van der Waals surface area contributed by atoms with Crippen LogP contribution in [0.3, 0.4) is 0 Å². The average Bonchev–Trinajstić information content (AvgIpc) is 2.16. The van der Waals surface area contributed by atoms with Crippen molar-refractivity contribution in [1.29, 1.82) is 0 Å². The molecule has 1 heterocycles. The van der Waals surface area contributed by atoms with Crippen LogP contribution in [0.1, 0.15) is 16.2 Å². The van der Waals surface area contributed by atoms with E-state index in [0.717, 1.165) is 5.69 Å². The molecule has 1 aromatic rings. The van der Waals surface area contributed by atoms with Gasteiger partial charge in [-0.2, -0.15) is 0 Å². The molecule has 3 nitrogen and oxygen atoms in total. The molecule has 0 spiro atoms. The summed E-state index contributed by atoms with van der Waals surface area (Å²) < 4.78 is 5.10. The summed E-state index contributed by atoms with van der Waals surface area (Å²) in [6.07, 6.45) is 5.67. The molecule has 0 saturated carbocycles. The molecule has 66 valence electrons. The van der Waals surface area contributed by atoms with Crippen LogP contribution in [0.15, 0.2) is 12.1 Å². The predicted octanol–water partition coefficient (Wildman–Crippen LogP) is 1.21. The van der Waals surface area contributed by atoms with Gasteiger partial charge in [0.25, 0.3) is 0 Å². The first-order chi connectivity index (χ1) is 6.27. The van der Waals surface area contributed by atoms with Crippen molar-refractivity contribution in [1.82, 2.24) is 4.98 Å². The van der Waals surface area contributed by atoms with E-state index >= 15 is 0 Å². The summed E-state index contributed by atoms with van der Waals surface area (Å²) in [5.74, 6) is 2.75. The number of pyridine rings is 1. The van der Waals surface area contributed by atoms with E-state index < -0.39 is 0 Å². The Labute approximate surface area is 76.8 Å². The summed E-state index contributed by atoms with van der Waals surface area (Å²) in [6, 6.07) is 3.45. The minimum Gasteiger partial charge on any atom is -0.479 e. The number of aromatic nitrogens is 1. The number of ether oxygens (including phenoxy) is 1. The Morgan fingerprint density at radius 2 is 2.46 bits per heavy atom. The number of carbonyl (C=O) groups excluding carboxylic acids is 1. The Hall–Kier alpha value is -1.82. The summed E-state index contributed by atoms with van der Waals surface area (Å²) in [4.78, 5) is 14.5. The van der Waals surface area contributed by atoms with Crippen LogP contribution in [0.4, 0.5) is 0 Å². The largest absolute Gasteiger partial charge is 0.479 e. The van der Waals surface area contributed by atoms with Gasteiger partial charge >= 0.3 is 0 Å². The van der Waals surface area contributed by atoms with Crippen molar-refractivity contribution >= 4 is 6.29 Å². The SMILES string of the molecule is C#CCOc1ccc(C)nc1C=O. The van der Waals surface area contributed by atoms with Gasteiger partial charge in [0.1, 0.15) is 18.1 Å².